The molecule has 1 aliphatic rings. The first kappa shape index (κ1) is 14.2. The Kier molecular flexibility index (Phi) is 4.63. The molecule has 0 amide bonds. The molecule has 0 aliphatic heterocycles. The lowest BCUT2D eigenvalue weighted by Crippen LogP contribution is -2.31. The predicted molar refractivity (Wildman–Crippen MR) is 71.6 cm³/mol. The van der Waals surface area contributed by atoms with Crippen LogP contribution in [0.2, 0.25) is 0 Å². The van der Waals surface area contributed by atoms with Gasteiger partial charge in [0.25, 0.3) is 0 Å². The van der Waals surface area contributed by atoms with Crippen molar-refractivity contribution in [2.24, 2.45) is 5.92 Å². The number of esters is 1. The molecule has 0 aromatic rings. The molecule has 3 atom stereocenters. The number of hydrogen-bond donors (Lipinski definition) is 1. The van der Waals surface area contributed by atoms with Crippen LogP contribution in [0.4, 0.5) is 0 Å². The molecule has 0 saturated heterocycles. The summed E-state index contributed by atoms with van der Waals surface area (Å²) in [7, 11) is 0. The van der Waals surface area contributed by atoms with Gasteiger partial charge in [-0.2, -0.15) is 0 Å². The molecule has 16 heavy (non-hydrogen) atoms. The summed E-state index contributed by atoms with van der Waals surface area (Å²) in [6.07, 6.45) is 3.27. The number of ether oxygens (including phenoxy) is 1. The van der Waals surface area contributed by atoms with Gasteiger partial charge >= 0.3 is 5.97 Å². The highest BCUT2D eigenvalue weighted by atomic mass is 127. The minimum absolute atomic E-state index is 0.137. The van der Waals surface area contributed by atoms with Gasteiger partial charge in [0.15, 0.2) is 0 Å². The fourth-order valence-corrected chi connectivity index (χ4v) is 2.13. The highest BCUT2D eigenvalue weighted by molar-refractivity contribution is 14.1. The summed E-state index contributed by atoms with van der Waals surface area (Å²) in [5.41, 5.74) is -0.560. The summed E-state index contributed by atoms with van der Waals surface area (Å²) in [5.74, 6) is 0.185. The average molecular weight is 340 g/mol. The smallest absolute Gasteiger partial charge is 0.321 e. The lowest BCUT2D eigenvalue weighted by molar-refractivity contribution is -0.147. The Morgan fingerprint density at radius 2 is 2.31 bits per heavy atom. The number of rotatable bonds is 4. The molecule has 0 radical (unpaired) electrons. The first-order valence-corrected chi connectivity index (χ1v) is 6.93. The first-order chi connectivity index (χ1) is 7.27. The van der Waals surface area contributed by atoms with Gasteiger partial charge in [0.05, 0.1) is 12.2 Å². The fourth-order valence-electron chi connectivity index (χ4n) is 1.97. The second-order valence-corrected chi connectivity index (χ2v) is 7.64. The van der Waals surface area contributed by atoms with Crippen molar-refractivity contribution in [1.82, 2.24) is 0 Å². The van der Waals surface area contributed by atoms with Crippen molar-refractivity contribution >= 4 is 28.6 Å². The molecule has 0 aromatic heterocycles. The number of carbonyl (C=O) groups excluding carboxylic acids is 1. The predicted octanol–water partition coefficient (Wildman–Crippen LogP) is 2.68. The third kappa shape index (κ3) is 3.87. The number of carbonyl (C=O) groups is 1. The van der Waals surface area contributed by atoms with Gasteiger partial charge in [-0.3, -0.25) is 4.79 Å². The summed E-state index contributed by atoms with van der Waals surface area (Å²) in [6.45, 7) is 6.17. The van der Waals surface area contributed by atoms with Gasteiger partial charge < -0.3 is 9.84 Å². The summed E-state index contributed by atoms with van der Waals surface area (Å²) in [6, 6.07) is 0. The molecular weight excluding hydrogens is 319 g/mol. The monoisotopic (exact) mass is 340 g/mol. The van der Waals surface area contributed by atoms with Crippen LogP contribution in [-0.4, -0.2) is 26.7 Å². The zero-order valence-electron chi connectivity index (χ0n) is 10.3. The third-order valence-electron chi connectivity index (χ3n) is 3.36. The Balaban J connectivity index is 2.34. The summed E-state index contributed by atoms with van der Waals surface area (Å²) >= 11 is 2.14. The van der Waals surface area contributed by atoms with E-state index in [1.54, 1.807) is 0 Å². The van der Waals surface area contributed by atoms with E-state index in [0.29, 0.717) is 12.5 Å². The Hall–Kier alpha value is 0.160. The maximum atomic E-state index is 11.7. The molecular formula is C12H21IO3. The molecule has 0 spiro atoms. The van der Waals surface area contributed by atoms with E-state index in [1.807, 2.05) is 20.8 Å². The van der Waals surface area contributed by atoms with Gasteiger partial charge in [0.1, 0.15) is 3.42 Å². The van der Waals surface area contributed by atoms with Crippen LogP contribution in [0.5, 0.6) is 0 Å². The average Bonchev–Trinajstić information content (AvgIpc) is 2.54. The van der Waals surface area contributed by atoms with Gasteiger partial charge in [-0.1, -0.05) is 29.5 Å². The quantitative estimate of drug-likeness (QED) is 0.486. The van der Waals surface area contributed by atoms with E-state index in [9.17, 15) is 9.90 Å². The molecule has 0 bridgehead atoms. The van der Waals surface area contributed by atoms with E-state index >= 15 is 0 Å². The summed E-state index contributed by atoms with van der Waals surface area (Å²) in [4.78, 5) is 11.7. The molecule has 1 N–H and O–H groups in total. The molecule has 94 valence electrons. The first-order valence-electron chi connectivity index (χ1n) is 5.85. The van der Waals surface area contributed by atoms with Crippen LogP contribution in [0, 0.1) is 5.92 Å². The lowest BCUT2D eigenvalue weighted by atomic mass is 10.0. The molecule has 3 unspecified atom stereocenters. The van der Waals surface area contributed by atoms with E-state index in [2.05, 4.69) is 22.6 Å². The van der Waals surface area contributed by atoms with Crippen molar-refractivity contribution in [3.8, 4) is 0 Å². The van der Waals surface area contributed by atoms with Crippen LogP contribution in [0.3, 0.4) is 0 Å². The minimum Gasteiger partial charge on any atom is -0.464 e. The topological polar surface area (TPSA) is 46.5 Å². The van der Waals surface area contributed by atoms with Crippen LogP contribution in [0.15, 0.2) is 0 Å². The van der Waals surface area contributed by atoms with Gasteiger partial charge in [0.2, 0.25) is 0 Å². The van der Waals surface area contributed by atoms with Crippen molar-refractivity contribution in [1.29, 1.82) is 0 Å². The number of halogens is 1. The Labute approximate surface area is 111 Å². The highest BCUT2D eigenvalue weighted by Gasteiger charge is 2.35. The van der Waals surface area contributed by atoms with Crippen molar-refractivity contribution < 1.29 is 14.6 Å². The SMILES string of the molecule is CCC(C)(I)C(=O)OCC1CCC(C)(O)C1. The normalized spacial score (nSPS) is 33.4. The summed E-state index contributed by atoms with van der Waals surface area (Å²) < 4.78 is 4.90. The van der Waals surface area contributed by atoms with Crippen LogP contribution in [0.1, 0.15) is 46.5 Å². The van der Waals surface area contributed by atoms with Crippen molar-refractivity contribution in [3.63, 3.8) is 0 Å². The van der Waals surface area contributed by atoms with Crippen LogP contribution in [-0.2, 0) is 9.53 Å². The third-order valence-corrected chi connectivity index (χ3v) is 4.56. The standard InChI is InChI=1S/C12H21IO3/c1-4-12(3,13)10(14)16-8-9-5-6-11(2,15)7-9/h9,15H,4-8H2,1-3H3. The van der Waals surface area contributed by atoms with Gasteiger partial charge in [-0.15, -0.1) is 0 Å². The van der Waals surface area contributed by atoms with Crippen LogP contribution >= 0.6 is 22.6 Å². The Morgan fingerprint density at radius 3 is 2.75 bits per heavy atom. The van der Waals surface area contributed by atoms with Gasteiger partial charge in [-0.05, 0) is 45.4 Å². The maximum Gasteiger partial charge on any atom is 0.321 e. The lowest BCUT2D eigenvalue weighted by Gasteiger charge is -2.20. The number of alkyl halides is 1. The summed E-state index contributed by atoms with van der Waals surface area (Å²) in [5, 5.41) is 9.79. The Morgan fingerprint density at radius 1 is 1.69 bits per heavy atom. The van der Waals surface area contributed by atoms with Crippen LogP contribution < -0.4 is 0 Å². The molecule has 1 saturated carbocycles. The van der Waals surface area contributed by atoms with E-state index < -0.39 is 9.02 Å². The van der Waals surface area contributed by atoms with Crippen molar-refractivity contribution in [2.75, 3.05) is 6.61 Å². The van der Waals surface area contributed by atoms with Crippen molar-refractivity contribution in [3.05, 3.63) is 0 Å². The van der Waals surface area contributed by atoms with E-state index in [4.69, 9.17) is 4.74 Å². The number of hydrogen-bond acceptors (Lipinski definition) is 3. The minimum atomic E-state index is -0.560. The molecule has 4 heteroatoms. The molecule has 3 nitrogen and oxygen atoms in total. The molecule has 1 fully saturated rings. The fraction of sp³-hybridized carbons (Fsp3) is 0.917. The van der Waals surface area contributed by atoms with Gasteiger partial charge in [0, 0.05) is 0 Å². The van der Waals surface area contributed by atoms with Crippen molar-refractivity contribution in [2.45, 2.75) is 55.5 Å². The Bertz CT molecular complexity index is 261. The van der Waals surface area contributed by atoms with Crippen LogP contribution in [0.25, 0.3) is 0 Å². The molecule has 0 heterocycles. The van der Waals surface area contributed by atoms with Gasteiger partial charge in [-0.25, -0.2) is 0 Å². The zero-order valence-corrected chi connectivity index (χ0v) is 12.4. The number of aliphatic hydroxyl groups is 1. The second kappa shape index (κ2) is 5.21. The molecule has 1 rings (SSSR count). The maximum absolute atomic E-state index is 11.7. The van der Waals surface area contributed by atoms with E-state index in [0.717, 1.165) is 25.7 Å². The van der Waals surface area contributed by atoms with E-state index in [1.165, 1.54) is 0 Å². The zero-order chi connectivity index (χ0) is 12.4. The molecule has 0 aromatic carbocycles. The largest absolute Gasteiger partial charge is 0.464 e. The molecule has 1 aliphatic carbocycles. The van der Waals surface area contributed by atoms with E-state index in [-0.39, 0.29) is 5.97 Å². The highest BCUT2D eigenvalue weighted by Crippen LogP contribution is 2.34. The second-order valence-electron chi connectivity index (χ2n) is 5.26.